The Balaban J connectivity index is 1.37. The van der Waals surface area contributed by atoms with E-state index in [0.717, 1.165) is 17.8 Å². The van der Waals surface area contributed by atoms with E-state index in [1.54, 1.807) is 41.5 Å². The first-order valence-corrected chi connectivity index (χ1v) is 22.2. The Morgan fingerprint density at radius 2 is 1.18 bits per heavy atom. The number of benzene rings is 2. The average molecular weight is 664 g/mol. The van der Waals surface area contributed by atoms with Crippen molar-refractivity contribution in [3.8, 4) is 11.1 Å². The first-order chi connectivity index (χ1) is 20.9. The Labute approximate surface area is 276 Å². The van der Waals surface area contributed by atoms with E-state index in [-0.39, 0.29) is 10.8 Å². The van der Waals surface area contributed by atoms with Gasteiger partial charge in [-0.3, -0.25) is 0 Å². The van der Waals surface area contributed by atoms with Gasteiger partial charge in [0.05, 0.1) is 0 Å². The summed E-state index contributed by atoms with van der Waals surface area (Å²) in [5, 5.41) is 0. The van der Waals surface area contributed by atoms with Crippen LogP contribution in [0.1, 0.15) is 145 Å². The second-order valence-corrected chi connectivity index (χ2v) is 24.8. The molecule has 1 unspecified atom stereocenters. The van der Waals surface area contributed by atoms with Crippen LogP contribution in [0.25, 0.3) is 11.1 Å². The van der Waals surface area contributed by atoms with Gasteiger partial charge in [-0.1, -0.05) is 0 Å². The standard InChI is InChI=1S/C21H25.C16H21.C6H10.Zr/c1-20(2,3)16-9-7-14-11-15-8-10-17(21(4,5)6)13-19(15)18(14)12-16;1-11-2-3-15(4-11)16-8-12-5-13(9-16)7-14(6-12)10-16;1-2-4-6-5-3-1;/h7-13H,1-6H3;2-3,11-14H,5-10H2,1H3;1-5H2;. The zero-order valence-electron chi connectivity index (χ0n) is 28.8. The zero-order valence-corrected chi connectivity index (χ0v) is 31.2. The monoisotopic (exact) mass is 662 g/mol. The molecule has 0 heterocycles. The molecular weight excluding hydrogens is 608 g/mol. The predicted octanol–water partition coefficient (Wildman–Crippen LogP) is 11.8. The predicted molar refractivity (Wildman–Crippen MR) is 185 cm³/mol. The van der Waals surface area contributed by atoms with Crippen molar-refractivity contribution in [2.75, 3.05) is 0 Å². The third-order valence-corrected chi connectivity index (χ3v) is 22.3. The van der Waals surface area contributed by atoms with Crippen LogP contribution in [0.15, 0.2) is 57.4 Å². The van der Waals surface area contributed by atoms with Crippen LogP contribution in [-0.4, -0.2) is 3.21 Å². The molecule has 5 fully saturated rings. The van der Waals surface area contributed by atoms with Crippen molar-refractivity contribution in [1.82, 2.24) is 0 Å². The zero-order chi connectivity index (χ0) is 30.6. The topological polar surface area (TPSA) is 0 Å². The van der Waals surface area contributed by atoms with Crippen molar-refractivity contribution in [2.24, 2.45) is 29.1 Å². The second-order valence-electron chi connectivity index (χ2n) is 18.3. The van der Waals surface area contributed by atoms with Crippen molar-refractivity contribution in [3.05, 3.63) is 79.7 Å². The molecule has 232 valence electrons. The summed E-state index contributed by atoms with van der Waals surface area (Å²) in [4.78, 5) is 0. The van der Waals surface area contributed by atoms with Crippen LogP contribution in [0.3, 0.4) is 0 Å². The molecule has 1 heteroatoms. The molecule has 7 aliphatic carbocycles. The quantitative estimate of drug-likeness (QED) is 0.307. The van der Waals surface area contributed by atoms with E-state index in [0.29, 0.717) is 15.0 Å². The Kier molecular flexibility index (Phi) is 7.23. The molecule has 0 radical (unpaired) electrons. The van der Waals surface area contributed by atoms with Gasteiger partial charge in [0.15, 0.2) is 0 Å². The molecule has 7 aliphatic rings. The fourth-order valence-corrected chi connectivity index (χ4v) is 21.9. The summed E-state index contributed by atoms with van der Waals surface area (Å²) < 4.78 is 4.77. The molecule has 2 aromatic carbocycles. The molecule has 0 aliphatic heterocycles. The normalized spacial score (nSPS) is 31.2. The van der Waals surface area contributed by atoms with Gasteiger partial charge in [-0.25, -0.2) is 0 Å². The summed E-state index contributed by atoms with van der Waals surface area (Å²) in [6, 6.07) is 15.5. The van der Waals surface area contributed by atoms with Crippen LogP contribution >= 0.6 is 0 Å². The van der Waals surface area contributed by atoms with E-state index in [9.17, 15) is 0 Å². The molecule has 0 amide bonds. The molecule has 9 rings (SSSR count). The molecule has 0 spiro atoms. The van der Waals surface area contributed by atoms with E-state index >= 15 is 0 Å². The molecule has 44 heavy (non-hydrogen) atoms. The summed E-state index contributed by atoms with van der Waals surface area (Å²) >= 11 is -2.38. The Morgan fingerprint density at radius 1 is 0.682 bits per heavy atom. The first kappa shape index (κ1) is 30.0. The fraction of sp³-hybridized carbons (Fsp3) is 0.605. The minimum atomic E-state index is -2.38. The number of hydrogen-bond donors (Lipinski definition) is 0. The van der Waals surface area contributed by atoms with Crippen LogP contribution in [-0.2, 0) is 32.1 Å². The van der Waals surface area contributed by atoms with Gasteiger partial charge in [0.1, 0.15) is 0 Å². The molecule has 0 aromatic heterocycles. The Morgan fingerprint density at radius 3 is 1.66 bits per heavy atom. The van der Waals surface area contributed by atoms with E-state index in [1.165, 1.54) is 62.5 Å². The van der Waals surface area contributed by atoms with Crippen LogP contribution < -0.4 is 0 Å². The molecule has 1 atom stereocenters. The van der Waals surface area contributed by atoms with Gasteiger partial charge >= 0.3 is 278 Å². The average Bonchev–Trinajstić information content (AvgIpc) is 3.50. The summed E-state index contributed by atoms with van der Waals surface area (Å²) in [6.07, 6.45) is 21.7. The van der Waals surface area contributed by atoms with Gasteiger partial charge in [0.25, 0.3) is 0 Å². The molecule has 5 saturated carbocycles. The van der Waals surface area contributed by atoms with Crippen molar-refractivity contribution < 1.29 is 21.3 Å². The Hall–Kier alpha value is -1.33. The minimum absolute atomic E-state index is 0.159. The van der Waals surface area contributed by atoms with Gasteiger partial charge in [0, 0.05) is 0 Å². The van der Waals surface area contributed by atoms with Crippen LogP contribution in [0.5, 0.6) is 0 Å². The molecule has 4 bridgehead atoms. The van der Waals surface area contributed by atoms with Crippen molar-refractivity contribution >= 4 is 3.21 Å². The SMILES string of the molecule is CC1C=CC(C23CC4CC(CC(C4)C2)C3)=[C]1[Zr](=[C]1CCCCC1)[CH]1c2ccc(C(C)(C)C)cc2-c2cc(C(C)(C)C)ccc21. The summed E-state index contributed by atoms with van der Waals surface area (Å²) in [6.45, 7) is 16.9. The Bertz CT molecular complexity index is 1490. The van der Waals surface area contributed by atoms with Gasteiger partial charge in [-0.2, -0.15) is 0 Å². The number of hydrogen-bond acceptors (Lipinski definition) is 0. The molecule has 0 nitrogen and oxygen atoms in total. The van der Waals surface area contributed by atoms with Gasteiger partial charge in [-0.05, 0) is 0 Å². The van der Waals surface area contributed by atoms with Crippen molar-refractivity contribution in [3.63, 3.8) is 0 Å². The molecule has 2 aromatic rings. The van der Waals surface area contributed by atoms with E-state index in [2.05, 4.69) is 104 Å². The van der Waals surface area contributed by atoms with Crippen molar-refractivity contribution in [1.29, 1.82) is 0 Å². The maximum absolute atomic E-state index is 2.74. The van der Waals surface area contributed by atoms with Gasteiger partial charge in [0.2, 0.25) is 0 Å². The first-order valence-electron chi connectivity index (χ1n) is 18.4. The molecule has 0 N–H and O–H groups in total. The molecular formula is C43H56Zr. The number of rotatable bonds is 3. The van der Waals surface area contributed by atoms with E-state index in [4.69, 9.17) is 0 Å². The van der Waals surface area contributed by atoms with E-state index < -0.39 is 21.3 Å². The maximum atomic E-state index is 2.74. The van der Waals surface area contributed by atoms with Crippen LogP contribution in [0.4, 0.5) is 0 Å². The van der Waals surface area contributed by atoms with Crippen LogP contribution in [0, 0.1) is 29.1 Å². The van der Waals surface area contributed by atoms with Gasteiger partial charge in [-0.15, -0.1) is 0 Å². The van der Waals surface area contributed by atoms with Crippen molar-refractivity contribution in [2.45, 2.75) is 134 Å². The van der Waals surface area contributed by atoms with Crippen LogP contribution in [0.2, 0.25) is 0 Å². The molecule has 0 saturated heterocycles. The summed E-state index contributed by atoms with van der Waals surface area (Å²) in [5.41, 5.74) is 12.3. The number of allylic oxidation sites excluding steroid dienone is 4. The second kappa shape index (κ2) is 10.6. The summed E-state index contributed by atoms with van der Waals surface area (Å²) in [7, 11) is 0. The third-order valence-electron chi connectivity index (χ3n) is 13.1. The summed E-state index contributed by atoms with van der Waals surface area (Å²) in [5.74, 6) is 3.66. The van der Waals surface area contributed by atoms with Gasteiger partial charge < -0.3 is 0 Å². The third kappa shape index (κ3) is 4.87. The number of fused-ring (bicyclic) bond motifs is 3. The fourth-order valence-electron chi connectivity index (χ4n) is 11.3. The van der Waals surface area contributed by atoms with E-state index in [1.807, 2.05) is 5.57 Å².